The summed E-state index contributed by atoms with van der Waals surface area (Å²) in [6.07, 6.45) is 4.42. The maximum absolute atomic E-state index is 12.7. The number of nitrogens with one attached hydrogen (secondary N) is 2. The molecule has 0 aromatic heterocycles. The lowest BCUT2D eigenvalue weighted by atomic mass is 9.97. The van der Waals surface area contributed by atoms with Crippen molar-refractivity contribution >= 4 is 22.0 Å². The highest BCUT2D eigenvalue weighted by Crippen LogP contribution is 2.32. The molecule has 0 spiro atoms. The van der Waals surface area contributed by atoms with Gasteiger partial charge in [0.1, 0.15) is 24.7 Å². The number of amides is 2. The van der Waals surface area contributed by atoms with Crippen LogP contribution in [0.4, 0.5) is 4.79 Å². The van der Waals surface area contributed by atoms with Crippen LogP contribution in [-0.4, -0.2) is 57.6 Å². The van der Waals surface area contributed by atoms with Crippen molar-refractivity contribution in [3.8, 4) is 22.6 Å². The van der Waals surface area contributed by atoms with Gasteiger partial charge in [-0.05, 0) is 66.6 Å². The summed E-state index contributed by atoms with van der Waals surface area (Å²) in [6, 6.07) is 21.3. The quantitative estimate of drug-likeness (QED) is 0.258. The van der Waals surface area contributed by atoms with E-state index in [1.807, 2.05) is 35.1 Å². The van der Waals surface area contributed by atoms with Crippen molar-refractivity contribution in [3.05, 3.63) is 83.9 Å². The molecule has 1 saturated carbocycles. The van der Waals surface area contributed by atoms with Crippen LogP contribution in [0.2, 0.25) is 0 Å². The minimum Gasteiger partial charge on any atom is -0.490 e. The summed E-state index contributed by atoms with van der Waals surface area (Å²) in [5.74, 6) is 0.180. The number of sulfonamides is 1. The van der Waals surface area contributed by atoms with Gasteiger partial charge in [-0.1, -0.05) is 55.0 Å². The van der Waals surface area contributed by atoms with Crippen LogP contribution >= 0.6 is 0 Å². The molecule has 42 heavy (non-hydrogen) atoms. The van der Waals surface area contributed by atoms with E-state index in [4.69, 9.17) is 14.2 Å². The molecule has 3 N–H and O–H groups in total. The van der Waals surface area contributed by atoms with E-state index in [-0.39, 0.29) is 31.4 Å². The maximum Gasteiger partial charge on any atom is 0.407 e. The molecule has 1 aliphatic rings. The van der Waals surface area contributed by atoms with Gasteiger partial charge in [-0.15, -0.1) is 0 Å². The average Bonchev–Trinajstić information content (AvgIpc) is 2.98. The summed E-state index contributed by atoms with van der Waals surface area (Å²) < 4.78 is 42.3. The number of benzene rings is 3. The maximum atomic E-state index is 12.7. The summed E-state index contributed by atoms with van der Waals surface area (Å²) in [5, 5.41) is 12.6. The topological polar surface area (TPSA) is 140 Å². The summed E-state index contributed by atoms with van der Waals surface area (Å²) in [4.78, 5) is 24.6. The van der Waals surface area contributed by atoms with Crippen molar-refractivity contribution < 1.29 is 37.3 Å². The molecule has 0 unspecified atom stereocenters. The van der Waals surface area contributed by atoms with E-state index in [1.165, 1.54) is 0 Å². The fraction of sp³-hybridized carbons (Fsp3) is 0.355. The summed E-state index contributed by atoms with van der Waals surface area (Å²) >= 11 is 0. The van der Waals surface area contributed by atoms with Crippen molar-refractivity contribution in [3.63, 3.8) is 0 Å². The first-order chi connectivity index (χ1) is 20.2. The number of aliphatic hydroxyl groups excluding tert-OH is 1. The smallest absolute Gasteiger partial charge is 0.407 e. The molecule has 0 bridgehead atoms. The van der Waals surface area contributed by atoms with Crippen LogP contribution in [0, 0.1) is 0 Å². The van der Waals surface area contributed by atoms with Crippen LogP contribution in [0.3, 0.4) is 0 Å². The van der Waals surface area contributed by atoms with Gasteiger partial charge in [-0.25, -0.2) is 17.9 Å². The first-order valence-corrected chi connectivity index (χ1v) is 15.8. The Morgan fingerprint density at radius 2 is 1.62 bits per heavy atom. The fourth-order valence-corrected chi connectivity index (χ4v) is 5.08. The third kappa shape index (κ3) is 9.49. The molecule has 0 aliphatic heterocycles. The first kappa shape index (κ1) is 30.9. The van der Waals surface area contributed by atoms with Gasteiger partial charge in [-0.3, -0.25) is 4.79 Å². The third-order valence-electron chi connectivity index (χ3n) is 6.75. The molecule has 3 aromatic rings. The summed E-state index contributed by atoms with van der Waals surface area (Å²) in [5.41, 5.74) is 2.50. The highest BCUT2D eigenvalue weighted by Gasteiger charge is 2.21. The van der Waals surface area contributed by atoms with E-state index in [2.05, 4.69) is 5.32 Å². The molecule has 224 valence electrons. The van der Waals surface area contributed by atoms with Crippen LogP contribution in [0.1, 0.15) is 54.1 Å². The van der Waals surface area contributed by atoms with Crippen molar-refractivity contribution in [2.75, 3.05) is 26.0 Å². The Morgan fingerprint density at radius 1 is 0.929 bits per heavy atom. The second kappa shape index (κ2) is 14.7. The number of hydrogen-bond donors (Lipinski definition) is 3. The monoisotopic (exact) mass is 596 g/mol. The van der Waals surface area contributed by atoms with Crippen molar-refractivity contribution in [2.24, 2.45) is 0 Å². The fourth-order valence-electron chi connectivity index (χ4n) is 4.63. The Morgan fingerprint density at radius 3 is 2.31 bits per heavy atom. The van der Waals surface area contributed by atoms with E-state index in [9.17, 15) is 23.1 Å². The molecular formula is C31H36N2O8S. The van der Waals surface area contributed by atoms with E-state index in [1.54, 1.807) is 42.5 Å². The second-order valence-corrected chi connectivity index (χ2v) is 11.9. The molecule has 11 heteroatoms. The van der Waals surface area contributed by atoms with Crippen molar-refractivity contribution in [2.45, 2.75) is 44.3 Å². The van der Waals surface area contributed by atoms with Crippen LogP contribution in [0.5, 0.6) is 11.5 Å². The highest BCUT2D eigenvalue weighted by atomic mass is 32.2. The SMILES string of the molecule is CS(=O)(=O)NC(=O)c1ccc(-c2ccc(OCCOC(=O)NC[C@H](O)c3ccccc3)cc2)cc1OC1CCCCC1. The van der Waals surface area contributed by atoms with E-state index < -0.39 is 28.1 Å². The van der Waals surface area contributed by atoms with Gasteiger partial charge in [0.2, 0.25) is 10.0 Å². The molecule has 2 amide bonds. The predicted octanol–water partition coefficient (Wildman–Crippen LogP) is 4.59. The molecule has 1 aliphatic carbocycles. The zero-order valence-corrected chi connectivity index (χ0v) is 24.3. The van der Waals surface area contributed by atoms with E-state index in [0.29, 0.717) is 17.1 Å². The lowest BCUT2D eigenvalue weighted by Gasteiger charge is -2.24. The average molecular weight is 597 g/mol. The molecule has 3 aromatic carbocycles. The second-order valence-electron chi connectivity index (χ2n) is 10.1. The predicted molar refractivity (Wildman–Crippen MR) is 158 cm³/mol. The minimum absolute atomic E-state index is 0.0217. The molecule has 1 fully saturated rings. The highest BCUT2D eigenvalue weighted by molar-refractivity contribution is 7.89. The molecule has 10 nitrogen and oxygen atoms in total. The number of ether oxygens (including phenoxy) is 3. The van der Waals surface area contributed by atoms with E-state index in [0.717, 1.165) is 49.5 Å². The van der Waals surface area contributed by atoms with Gasteiger partial charge in [0.05, 0.1) is 30.6 Å². The van der Waals surface area contributed by atoms with Crippen molar-refractivity contribution in [1.29, 1.82) is 0 Å². The zero-order chi connectivity index (χ0) is 30.0. The van der Waals surface area contributed by atoms with E-state index >= 15 is 0 Å². The molecular weight excluding hydrogens is 560 g/mol. The number of carbonyl (C=O) groups is 2. The third-order valence-corrected chi connectivity index (χ3v) is 7.30. The van der Waals surface area contributed by atoms with Gasteiger partial charge < -0.3 is 24.6 Å². The molecule has 0 heterocycles. The van der Waals surface area contributed by atoms with Gasteiger partial charge in [0, 0.05) is 0 Å². The van der Waals surface area contributed by atoms with Gasteiger partial charge >= 0.3 is 6.09 Å². The van der Waals surface area contributed by atoms with Crippen LogP contribution in [0.15, 0.2) is 72.8 Å². The molecule has 0 saturated heterocycles. The lowest BCUT2D eigenvalue weighted by Crippen LogP contribution is -2.30. The number of carbonyl (C=O) groups excluding carboxylic acids is 2. The molecule has 4 rings (SSSR count). The van der Waals surface area contributed by atoms with Crippen LogP contribution < -0.4 is 19.5 Å². The van der Waals surface area contributed by atoms with Gasteiger partial charge in [-0.2, -0.15) is 0 Å². The number of aliphatic hydroxyl groups is 1. The number of alkyl carbamates (subject to hydrolysis) is 1. The minimum atomic E-state index is -3.73. The normalized spacial score (nSPS) is 14.4. The van der Waals surface area contributed by atoms with Gasteiger partial charge in [0.25, 0.3) is 5.91 Å². The zero-order valence-electron chi connectivity index (χ0n) is 23.5. The lowest BCUT2D eigenvalue weighted by molar-refractivity contribution is 0.0969. The molecule has 0 radical (unpaired) electrons. The Hall–Kier alpha value is -4.09. The Labute approximate surface area is 246 Å². The first-order valence-electron chi connectivity index (χ1n) is 13.9. The summed E-state index contributed by atoms with van der Waals surface area (Å²) in [6.45, 7) is 0.188. The largest absolute Gasteiger partial charge is 0.490 e. The summed E-state index contributed by atoms with van der Waals surface area (Å²) in [7, 11) is -3.73. The number of rotatable bonds is 12. The number of hydrogen-bond acceptors (Lipinski definition) is 8. The van der Waals surface area contributed by atoms with Gasteiger partial charge in [0.15, 0.2) is 0 Å². The Kier molecular flexibility index (Phi) is 10.8. The Bertz CT molecular complexity index is 1440. The van der Waals surface area contributed by atoms with Crippen LogP contribution in [-0.2, 0) is 14.8 Å². The van der Waals surface area contributed by atoms with Crippen LogP contribution in [0.25, 0.3) is 11.1 Å². The molecule has 1 atom stereocenters. The standard InChI is InChI=1S/C31H36N2O8S/c1-42(37,38)33-30(35)27-17-14-24(20-29(27)41-26-10-6-3-7-11-26)22-12-15-25(16-13-22)39-18-19-40-31(36)32-21-28(34)23-8-4-2-5-9-23/h2,4-5,8-9,12-17,20,26,28,34H,3,6-7,10-11,18-19,21H2,1H3,(H,32,36)(H,33,35)/t28-/m0/s1. The Balaban J connectivity index is 1.31. The van der Waals surface area contributed by atoms with Crippen molar-refractivity contribution in [1.82, 2.24) is 10.0 Å².